The number of halogens is 1. The van der Waals surface area contributed by atoms with E-state index in [1.807, 2.05) is 30.3 Å². The summed E-state index contributed by atoms with van der Waals surface area (Å²) in [5.74, 6) is -1.17. The van der Waals surface area contributed by atoms with Crippen LogP contribution in [0.15, 0.2) is 54.6 Å². The second kappa shape index (κ2) is 8.62. The standard InChI is InChI=1S/C22H23FN4O3/c23-16-8-4-9-17(12-16)25-19(28)14-26-18-10-5-11-24-20(18)21(29)27(22(26)30)13-15-6-2-1-3-7-15/h1-4,6-9,12,18,20,24H,5,10-11,13-14H2,(H,25,28). The van der Waals surface area contributed by atoms with Gasteiger partial charge in [-0.1, -0.05) is 36.4 Å². The van der Waals surface area contributed by atoms with E-state index in [0.717, 1.165) is 12.0 Å². The molecular formula is C22H23FN4O3. The number of nitrogens with zero attached hydrogens (tertiary/aromatic N) is 2. The maximum atomic E-state index is 13.4. The highest BCUT2D eigenvalue weighted by Gasteiger charge is 2.47. The third-order valence-corrected chi connectivity index (χ3v) is 5.44. The number of benzene rings is 2. The number of imide groups is 1. The minimum absolute atomic E-state index is 0.144. The third-order valence-electron chi connectivity index (χ3n) is 5.44. The van der Waals surface area contributed by atoms with Gasteiger partial charge in [0.2, 0.25) is 11.8 Å². The van der Waals surface area contributed by atoms with Crippen molar-refractivity contribution in [2.45, 2.75) is 31.5 Å². The van der Waals surface area contributed by atoms with Crippen molar-refractivity contribution in [2.75, 3.05) is 18.4 Å². The topological polar surface area (TPSA) is 81.8 Å². The van der Waals surface area contributed by atoms with Crippen molar-refractivity contribution in [1.82, 2.24) is 15.1 Å². The van der Waals surface area contributed by atoms with Crippen molar-refractivity contribution in [1.29, 1.82) is 0 Å². The van der Waals surface area contributed by atoms with Gasteiger partial charge in [0.05, 0.1) is 12.6 Å². The number of amides is 4. The molecular weight excluding hydrogens is 387 g/mol. The number of piperidine rings is 1. The molecule has 2 saturated heterocycles. The number of anilines is 1. The maximum absolute atomic E-state index is 13.4. The fourth-order valence-electron chi connectivity index (χ4n) is 4.04. The first-order valence-corrected chi connectivity index (χ1v) is 9.97. The van der Waals surface area contributed by atoms with Crippen LogP contribution in [0.1, 0.15) is 18.4 Å². The van der Waals surface area contributed by atoms with Crippen molar-refractivity contribution in [3.8, 4) is 0 Å². The van der Waals surface area contributed by atoms with Gasteiger partial charge in [-0.25, -0.2) is 9.18 Å². The molecule has 2 aliphatic heterocycles. The third kappa shape index (κ3) is 4.18. The van der Waals surface area contributed by atoms with Gasteiger partial charge >= 0.3 is 6.03 Å². The molecule has 0 aliphatic carbocycles. The van der Waals surface area contributed by atoms with Crippen LogP contribution < -0.4 is 10.6 Å². The van der Waals surface area contributed by atoms with Crippen molar-refractivity contribution in [3.05, 3.63) is 66.0 Å². The highest BCUT2D eigenvalue weighted by atomic mass is 19.1. The van der Waals surface area contributed by atoms with E-state index >= 15 is 0 Å². The quantitative estimate of drug-likeness (QED) is 0.793. The maximum Gasteiger partial charge on any atom is 0.327 e. The highest BCUT2D eigenvalue weighted by Crippen LogP contribution is 2.26. The summed E-state index contributed by atoms with van der Waals surface area (Å²) in [7, 11) is 0. The van der Waals surface area contributed by atoms with E-state index in [9.17, 15) is 18.8 Å². The molecule has 2 aliphatic rings. The molecule has 2 unspecified atom stereocenters. The van der Waals surface area contributed by atoms with Crippen LogP contribution in [0.25, 0.3) is 0 Å². The van der Waals surface area contributed by atoms with Crippen LogP contribution in [0.5, 0.6) is 0 Å². The number of carbonyl (C=O) groups excluding carboxylic acids is 3. The lowest BCUT2D eigenvalue weighted by molar-refractivity contribution is -0.138. The zero-order valence-electron chi connectivity index (χ0n) is 16.4. The average Bonchev–Trinajstić information content (AvgIpc) is 2.75. The zero-order chi connectivity index (χ0) is 21.1. The summed E-state index contributed by atoms with van der Waals surface area (Å²) in [6, 6.07) is 13.4. The number of carbonyl (C=O) groups is 3. The Kier molecular flexibility index (Phi) is 5.76. The van der Waals surface area contributed by atoms with Gasteiger partial charge in [0, 0.05) is 5.69 Å². The van der Waals surface area contributed by atoms with Gasteiger partial charge in [-0.05, 0) is 43.1 Å². The number of hydrogen-bond donors (Lipinski definition) is 2. The van der Waals surface area contributed by atoms with Crippen LogP contribution >= 0.6 is 0 Å². The van der Waals surface area contributed by atoms with Gasteiger partial charge in [0.15, 0.2) is 0 Å². The fraction of sp³-hybridized carbons (Fsp3) is 0.318. The number of rotatable bonds is 5. The molecule has 156 valence electrons. The van der Waals surface area contributed by atoms with Gasteiger partial charge in [-0.2, -0.15) is 0 Å². The number of hydrogen-bond acceptors (Lipinski definition) is 4. The van der Waals surface area contributed by atoms with Gasteiger partial charge in [0.1, 0.15) is 18.4 Å². The molecule has 0 saturated carbocycles. The molecule has 4 rings (SSSR count). The first kappa shape index (κ1) is 20.0. The molecule has 2 heterocycles. The zero-order valence-corrected chi connectivity index (χ0v) is 16.4. The van der Waals surface area contributed by atoms with Crippen molar-refractivity contribution in [3.63, 3.8) is 0 Å². The molecule has 0 spiro atoms. The minimum atomic E-state index is -0.540. The van der Waals surface area contributed by atoms with Crippen molar-refractivity contribution >= 4 is 23.5 Å². The second-order valence-corrected chi connectivity index (χ2v) is 7.52. The molecule has 2 aromatic rings. The Hall–Kier alpha value is -3.26. The fourth-order valence-corrected chi connectivity index (χ4v) is 4.04. The summed E-state index contributed by atoms with van der Waals surface area (Å²) >= 11 is 0. The summed E-state index contributed by atoms with van der Waals surface area (Å²) in [5.41, 5.74) is 1.15. The molecule has 2 aromatic carbocycles. The summed E-state index contributed by atoms with van der Waals surface area (Å²) in [6.07, 6.45) is 1.45. The Morgan fingerprint density at radius 3 is 2.70 bits per heavy atom. The summed E-state index contributed by atoms with van der Waals surface area (Å²) < 4.78 is 13.4. The molecule has 2 fully saturated rings. The Balaban J connectivity index is 1.54. The Labute approximate surface area is 173 Å². The molecule has 8 heteroatoms. The van der Waals surface area contributed by atoms with Crippen LogP contribution in [0, 0.1) is 5.82 Å². The highest BCUT2D eigenvalue weighted by molar-refractivity contribution is 6.02. The van der Waals surface area contributed by atoms with E-state index < -0.39 is 23.8 Å². The van der Waals surface area contributed by atoms with Gasteiger partial charge in [-0.3, -0.25) is 14.5 Å². The largest absolute Gasteiger partial charge is 0.327 e. The normalized spacial score (nSPS) is 21.4. The lowest BCUT2D eigenvalue weighted by Crippen LogP contribution is -2.70. The van der Waals surface area contributed by atoms with Gasteiger partial charge < -0.3 is 15.5 Å². The van der Waals surface area contributed by atoms with E-state index in [1.54, 1.807) is 6.07 Å². The summed E-state index contributed by atoms with van der Waals surface area (Å²) in [5, 5.41) is 5.83. The molecule has 0 radical (unpaired) electrons. The van der Waals surface area contributed by atoms with Crippen molar-refractivity contribution < 1.29 is 18.8 Å². The summed E-state index contributed by atoms with van der Waals surface area (Å²) in [4.78, 5) is 41.5. The molecule has 0 bridgehead atoms. The van der Waals surface area contributed by atoms with Crippen LogP contribution in [0.3, 0.4) is 0 Å². The van der Waals surface area contributed by atoms with Crippen LogP contribution in [0.4, 0.5) is 14.9 Å². The monoisotopic (exact) mass is 410 g/mol. The van der Waals surface area contributed by atoms with E-state index in [-0.39, 0.29) is 25.0 Å². The number of urea groups is 1. The first-order chi connectivity index (χ1) is 14.5. The van der Waals surface area contributed by atoms with E-state index in [1.165, 1.54) is 28.0 Å². The lowest BCUT2D eigenvalue weighted by Gasteiger charge is -2.46. The van der Waals surface area contributed by atoms with Gasteiger partial charge in [-0.15, -0.1) is 0 Å². The molecule has 30 heavy (non-hydrogen) atoms. The first-order valence-electron chi connectivity index (χ1n) is 9.97. The second-order valence-electron chi connectivity index (χ2n) is 7.52. The predicted molar refractivity (Wildman–Crippen MR) is 109 cm³/mol. The van der Waals surface area contributed by atoms with Crippen LogP contribution in [-0.2, 0) is 16.1 Å². The Morgan fingerprint density at radius 2 is 1.93 bits per heavy atom. The smallest absolute Gasteiger partial charge is 0.324 e. The lowest BCUT2D eigenvalue weighted by atomic mass is 9.93. The van der Waals surface area contributed by atoms with E-state index in [0.29, 0.717) is 18.7 Å². The predicted octanol–water partition coefficient (Wildman–Crippen LogP) is 2.35. The minimum Gasteiger partial charge on any atom is -0.324 e. The van der Waals surface area contributed by atoms with Crippen LogP contribution in [-0.4, -0.2) is 52.8 Å². The van der Waals surface area contributed by atoms with E-state index in [2.05, 4.69) is 10.6 Å². The average molecular weight is 410 g/mol. The molecule has 0 aromatic heterocycles. The molecule has 2 N–H and O–H groups in total. The number of nitrogens with one attached hydrogen (secondary N) is 2. The van der Waals surface area contributed by atoms with E-state index in [4.69, 9.17) is 0 Å². The van der Waals surface area contributed by atoms with Crippen molar-refractivity contribution in [2.24, 2.45) is 0 Å². The molecule has 2 atom stereocenters. The summed E-state index contributed by atoms with van der Waals surface area (Å²) in [6.45, 7) is 0.617. The molecule has 7 nitrogen and oxygen atoms in total. The number of fused-ring (bicyclic) bond motifs is 1. The Morgan fingerprint density at radius 1 is 1.13 bits per heavy atom. The van der Waals surface area contributed by atoms with Gasteiger partial charge in [0.25, 0.3) is 0 Å². The Bertz CT molecular complexity index is 952. The molecule has 4 amide bonds. The van der Waals surface area contributed by atoms with Crippen LogP contribution in [0.2, 0.25) is 0 Å². The SMILES string of the molecule is O=C(CN1C(=O)N(Cc2ccccc2)C(=O)C2NCCCC21)Nc1cccc(F)c1.